The minimum Gasteiger partial charge on any atom is -0.483 e. The SMILES string of the molecule is Cc1cccc(OCC(=O)N(Cc2ccc(Cl)c(Cl)c2)[C@@H](Cc2ccccc2)C(=O)NC2CCCCC2)c1C. The molecule has 1 atom stereocenters. The van der Waals surface area contributed by atoms with Crippen molar-refractivity contribution in [2.45, 2.75) is 71.0 Å². The molecule has 1 fully saturated rings. The molecule has 0 saturated heterocycles. The molecule has 0 spiro atoms. The van der Waals surface area contributed by atoms with Crippen molar-refractivity contribution in [3.63, 3.8) is 0 Å². The standard InChI is InChI=1S/C32H36Cl2N2O3/c1-22-10-9-15-30(23(22)2)39-21-31(37)36(20-25-16-17-27(33)28(34)18-25)29(19-24-11-5-3-6-12-24)32(38)35-26-13-7-4-8-14-26/h3,5-6,9-12,15-18,26,29H,4,7-8,13-14,19-21H2,1-2H3,(H,35,38)/t29-/m0/s1. The Hall–Kier alpha value is -3.02. The van der Waals surface area contributed by atoms with Crippen LogP contribution in [0.2, 0.25) is 10.0 Å². The number of ether oxygens (including phenoxy) is 1. The van der Waals surface area contributed by atoms with Crippen molar-refractivity contribution in [2.75, 3.05) is 6.61 Å². The lowest BCUT2D eigenvalue weighted by Crippen LogP contribution is -2.53. The van der Waals surface area contributed by atoms with Crippen molar-refractivity contribution in [3.8, 4) is 5.75 Å². The number of hydrogen-bond acceptors (Lipinski definition) is 3. The third-order valence-electron chi connectivity index (χ3n) is 7.47. The molecule has 1 aliphatic rings. The van der Waals surface area contributed by atoms with Gasteiger partial charge in [0.15, 0.2) is 6.61 Å². The Balaban J connectivity index is 1.64. The first-order valence-electron chi connectivity index (χ1n) is 13.6. The predicted molar refractivity (Wildman–Crippen MR) is 157 cm³/mol. The van der Waals surface area contributed by atoms with Gasteiger partial charge in [-0.2, -0.15) is 0 Å². The number of carbonyl (C=O) groups excluding carboxylic acids is 2. The van der Waals surface area contributed by atoms with Gasteiger partial charge in [-0.1, -0.05) is 91.0 Å². The Morgan fingerprint density at radius 3 is 2.38 bits per heavy atom. The molecule has 2 amide bonds. The van der Waals surface area contributed by atoms with E-state index in [2.05, 4.69) is 5.32 Å². The zero-order valence-electron chi connectivity index (χ0n) is 22.6. The van der Waals surface area contributed by atoms with Gasteiger partial charge in [0.05, 0.1) is 10.0 Å². The van der Waals surface area contributed by atoms with E-state index >= 15 is 0 Å². The molecule has 39 heavy (non-hydrogen) atoms. The number of nitrogens with one attached hydrogen (secondary N) is 1. The largest absolute Gasteiger partial charge is 0.483 e. The molecule has 4 rings (SSSR count). The Kier molecular flexibility index (Phi) is 10.3. The fraction of sp³-hybridized carbons (Fsp3) is 0.375. The first-order chi connectivity index (χ1) is 18.8. The second-order valence-electron chi connectivity index (χ2n) is 10.3. The molecule has 3 aromatic rings. The molecular formula is C32H36Cl2N2O3. The molecule has 5 nitrogen and oxygen atoms in total. The monoisotopic (exact) mass is 566 g/mol. The molecule has 0 unspecified atom stereocenters. The number of halogens is 2. The highest BCUT2D eigenvalue weighted by molar-refractivity contribution is 6.42. The second kappa shape index (κ2) is 13.9. The molecule has 0 aromatic heterocycles. The molecule has 1 N–H and O–H groups in total. The van der Waals surface area contributed by atoms with Gasteiger partial charge in [0.2, 0.25) is 5.91 Å². The van der Waals surface area contributed by atoms with E-state index in [1.165, 1.54) is 6.42 Å². The van der Waals surface area contributed by atoms with Crippen LogP contribution in [0.4, 0.5) is 0 Å². The molecule has 0 bridgehead atoms. The zero-order valence-corrected chi connectivity index (χ0v) is 24.1. The van der Waals surface area contributed by atoms with Crippen molar-refractivity contribution in [1.29, 1.82) is 0 Å². The minimum atomic E-state index is -0.724. The highest BCUT2D eigenvalue weighted by Crippen LogP contribution is 2.26. The van der Waals surface area contributed by atoms with Gasteiger partial charge in [0.25, 0.3) is 5.91 Å². The summed E-state index contributed by atoms with van der Waals surface area (Å²) >= 11 is 12.5. The summed E-state index contributed by atoms with van der Waals surface area (Å²) in [6, 6.07) is 20.3. The molecule has 0 radical (unpaired) electrons. The maximum absolute atomic E-state index is 13.9. The van der Waals surface area contributed by atoms with Crippen molar-refractivity contribution in [2.24, 2.45) is 0 Å². The Bertz CT molecular complexity index is 1280. The maximum atomic E-state index is 13.9. The normalized spacial score (nSPS) is 14.5. The third kappa shape index (κ3) is 8.00. The summed E-state index contributed by atoms with van der Waals surface area (Å²) in [5, 5.41) is 4.09. The summed E-state index contributed by atoms with van der Waals surface area (Å²) < 4.78 is 6.00. The maximum Gasteiger partial charge on any atom is 0.261 e. The number of benzene rings is 3. The number of nitrogens with zero attached hydrogens (tertiary/aromatic N) is 1. The van der Waals surface area contributed by atoms with Gasteiger partial charge in [-0.25, -0.2) is 0 Å². The van der Waals surface area contributed by atoms with Crippen LogP contribution in [0.25, 0.3) is 0 Å². The lowest BCUT2D eigenvalue weighted by molar-refractivity contribution is -0.143. The van der Waals surface area contributed by atoms with E-state index in [1.54, 1.807) is 17.0 Å². The highest BCUT2D eigenvalue weighted by atomic mass is 35.5. The average Bonchev–Trinajstić information content (AvgIpc) is 2.94. The quantitative estimate of drug-likeness (QED) is 0.285. The number of rotatable bonds is 10. The van der Waals surface area contributed by atoms with E-state index in [0.717, 1.165) is 47.9 Å². The van der Waals surface area contributed by atoms with Crippen LogP contribution >= 0.6 is 23.2 Å². The lowest BCUT2D eigenvalue weighted by atomic mass is 9.94. The highest BCUT2D eigenvalue weighted by Gasteiger charge is 2.32. The Labute approximate surface area is 241 Å². The molecule has 1 saturated carbocycles. The van der Waals surface area contributed by atoms with E-state index < -0.39 is 6.04 Å². The smallest absolute Gasteiger partial charge is 0.261 e. The van der Waals surface area contributed by atoms with Crippen molar-refractivity contribution < 1.29 is 14.3 Å². The molecular weight excluding hydrogens is 531 g/mol. The second-order valence-corrected chi connectivity index (χ2v) is 11.1. The van der Waals surface area contributed by atoms with Gasteiger partial charge in [-0.3, -0.25) is 9.59 Å². The van der Waals surface area contributed by atoms with E-state index in [4.69, 9.17) is 27.9 Å². The van der Waals surface area contributed by atoms with E-state index in [9.17, 15) is 9.59 Å². The van der Waals surface area contributed by atoms with Gasteiger partial charge in [-0.05, 0) is 67.1 Å². The number of aryl methyl sites for hydroxylation is 1. The zero-order chi connectivity index (χ0) is 27.8. The van der Waals surface area contributed by atoms with Gasteiger partial charge in [0.1, 0.15) is 11.8 Å². The van der Waals surface area contributed by atoms with Crippen LogP contribution in [0.5, 0.6) is 5.75 Å². The molecule has 0 aliphatic heterocycles. The number of carbonyl (C=O) groups is 2. The van der Waals surface area contributed by atoms with Crippen LogP contribution in [0, 0.1) is 13.8 Å². The minimum absolute atomic E-state index is 0.123. The fourth-order valence-electron chi connectivity index (χ4n) is 5.04. The molecule has 1 aliphatic carbocycles. The van der Waals surface area contributed by atoms with Crippen LogP contribution in [-0.4, -0.2) is 35.4 Å². The van der Waals surface area contributed by atoms with Gasteiger partial charge in [0, 0.05) is 19.0 Å². The lowest BCUT2D eigenvalue weighted by Gasteiger charge is -2.33. The van der Waals surface area contributed by atoms with Crippen LogP contribution < -0.4 is 10.1 Å². The molecule has 0 heterocycles. The summed E-state index contributed by atoms with van der Waals surface area (Å²) in [4.78, 5) is 29.3. The van der Waals surface area contributed by atoms with Crippen LogP contribution in [0.3, 0.4) is 0 Å². The van der Waals surface area contributed by atoms with Gasteiger partial charge < -0.3 is 15.0 Å². The van der Waals surface area contributed by atoms with Crippen LogP contribution in [-0.2, 0) is 22.6 Å². The van der Waals surface area contributed by atoms with Crippen molar-refractivity contribution in [1.82, 2.24) is 10.2 Å². The summed E-state index contributed by atoms with van der Waals surface area (Å²) in [6.07, 6.45) is 5.70. The van der Waals surface area contributed by atoms with Crippen LogP contribution in [0.15, 0.2) is 66.7 Å². The fourth-order valence-corrected chi connectivity index (χ4v) is 5.36. The first kappa shape index (κ1) is 29.0. The molecule has 206 valence electrons. The average molecular weight is 568 g/mol. The van der Waals surface area contributed by atoms with Crippen LogP contribution in [0.1, 0.15) is 54.4 Å². The summed E-state index contributed by atoms with van der Waals surface area (Å²) in [5.41, 5.74) is 3.83. The third-order valence-corrected chi connectivity index (χ3v) is 8.20. The van der Waals surface area contributed by atoms with Crippen molar-refractivity contribution in [3.05, 3.63) is 99.0 Å². The Morgan fingerprint density at radius 1 is 0.923 bits per heavy atom. The van der Waals surface area contributed by atoms with E-state index in [-0.39, 0.29) is 31.0 Å². The summed E-state index contributed by atoms with van der Waals surface area (Å²) in [7, 11) is 0. The molecule has 7 heteroatoms. The van der Waals surface area contributed by atoms with Gasteiger partial charge >= 0.3 is 0 Å². The van der Waals surface area contributed by atoms with Crippen molar-refractivity contribution >= 4 is 35.0 Å². The summed E-state index contributed by atoms with van der Waals surface area (Å²) in [6.45, 7) is 3.99. The van der Waals surface area contributed by atoms with Gasteiger partial charge in [-0.15, -0.1) is 0 Å². The topological polar surface area (TPSA) is 58.6 Å². The Morgan fingerprint density at radius 2 is 1.67 bits per heavy atom. The molecule has 3 aromatic carbocycles. The number of amides is 2. The van der Waals surface area contributed by atoms with E-state index in [0.29, 0.717) is 22.2 Å². The predicted octanol–water partition coefficient (Wildman–Crippen LogP) is 7.08. The number of hydrogen-bond donors (Lipinski definition) is 1. The summed E-state index contributed by atoms with van der Waals surface area (Å²) in [5.74, 6) is 0.233. The van der Waals surface area contributed by atoms with E-state index in [1.807, 2.05) is 68.4 Å². The first-order valence-corrected chi connectivity index (χ1v) is 14.3.